The molecule has 1 aromatic rings. The second kappa shape index (κ2) is 6.90. The molecule has 0 unspecified atom stereocenters. The molecule has 0 aromatic carbocycles. The smallest absolute Gasteiger partial charge is 0.201 e. The number of aromatic nitrogens is 1. The Kier molecular flexibility index (Phi) is 5.78. The van der Waals surface area contributed by atoms with Gasteiger partial charge < -0.3 is 14.2 Å². The first kappa shape index (κ1) is 12.6. The summed E-state index contributed by atoms with van der Waals surface area (Å²) in [6.07, 6.45) is 1.59. The van der Waals surface area contributed by atoms with Crippen molar-refractivity contribution in [3.8, 4) is 0 Å². The zero-order chi connectivity index (χ0) is 11.1. The molecule has 0 aliphatic carbocycles. The van der Waals surface area contributed by atoms with Crippen molar-refractivity contribution in [2.75, 3.05) is 27.9 Å². The third-order valence-electron chi connectivity index (χ3n) is 1.98. The SMILES string of the molecule is COCCCc1nc(C(OC)OC)cs1. The van der Waals surface area contributed by atoms with E-state index >= 15 is 0 Å². The molecule has 1 aromatic heterocycles. The Morgan fingerprint density at radius 3 is 2.67 bits per heavy atom. The summed E-state index contributed by atoms with van der Waals surface area (Å²) in [5.41, 5.74) is 0.845. The van der Waals surface area contributed by atoms with E-state index in [1.165, 1.54) is 0 Å². The van der Waals surface area contributed by atoms with Crippen LogP contribution in [-0.2, 0) is 20.6 Å². The Bertz CT molecular complexity index is 273. The molecule has 15 heavy (non-hydrogen) atoms. The number of ether oxygens (including phenoxy) is 3. The fourth-order valence-electron chi connectivity index (χ4n) is 1.25. The number of hydrogen-bond donors (Lipinski definition) is 0. The van der Waals surface area contributed by atoms with Crippen LogP contribution in [0.3, 0.4) is 0 Å². The molecule has 1 heterocycles. The van der Waals surface area contributed by atoms with Gasteiger partial charge in [0, 0.05) is 39.7 Å². The van der Waals surface area contributed by atoms with Crippen LogP contribution < -0.4 is 0 Å². The summed E-state index contributed by atoms with van der Waals surface area (Å²) in [4.78, 5) is 4.44. The number of nitrogens with zero attached hydrogens (tertiary/aromatic N) is 1. The molecule has 0 saturated heterocycles. The van der Waals surface area contributed by atoms with E-state index < -0.39 is 0 Å². The van der Waals surface area contributed by atoms with E-state index in [2.05, 4.69) is 4.98 Å². The molecule has 0 fully saturated rings. The van der Waals surface area contributed by atoms with Crippen molar-refractivity contribution in [3.63, 3.8) is 0 Å². The van der Waals surface area contributed by atoms with Crippen molar-refractivity contribution >= 4 is 11.3 Å². The predicted molar refractivity (Wildman–Crippen MR) is 59.1 cm³/mol. The summed E-state index contributed by atoms with van der Waals surface area (Å²) in [5.74, 6) is 0. The Hall–Kier alpha value is -0.490. The van der Waals surface area contributed by atoms with E-state index in [4.69, 9.17) is 14.2 Å². The van der Waals surface area contributed by atoms with Crippen molar-refractivity contribution in [1.82, 2.24) is 4.98 Å². The molecule has 0 spiro atoms. The van der Waals surface area contributed by atoms with Gasteiger partial charge in [0.1, 0.15) is 5.69 Å². The lowest BCUT2D eigenvalue weighted by Gasteiger charge is -2.09. The molecule has 0 bridgehead atoms. The van der Waals surface area contributed by atoms with Crippen LogP contribution in [0.25, 0.3) is 0 Å². The maximum absolute atomic E-state index is 5.12. The van der Waals surface area contributed by atoms with Crippen LogP contribution in [0.4, 0.5) is 0 Å². The summed E-state index contributed by atoms with van der Waals surface area (Å²) in [5, 5.41) is 3.07. The number of thiazole rings is 1. The maximum atomic E-state index is 5.12. The third kappa shape index (κ3) is 3.87. The maximum Gasteiger partial charge on any atom is 0.201 e. The molecule has 0 N–H and O–H groups in total. The normalized spacial score (nSPS) is 11.2. The summed E-state index contributed by atoms with van der Waals surface area (Å²) in [7, 11) is 4.93. The van der Waals surface area contributed by atoms with Crippen LogP contribution in [-0.4, -0.2) is 32.9 Å². The largest absolute Gasteiger partial charge is 0.385 e. The lowest BCUT2D eigenvalue weighted by molar-refractivity contribution is -0.108. The number of aryl methyl sites for hydroxylation is 1. The van der Waals surface area contributed by atoms with Gasteiger partial charge in [0.05, 0.1) is 5.01 Å². The zero-order valence-corrected chi connectivity index (χ0v) is 10.2. The topological polar surface area (TPSA) is 40.6 Å². The van der Waals surface area contributed by atoms with Crippen molar-refractivity contribution in [3.05, 3.63) is 16.1 Å². The monoisotopic (exact) mass is 231 g/mol. The van der Waals surface area contributed by atoms with Crippen molar-refractivity contribution in [2.24, 2.45) is 0 Å². The van der Waals surface area contributed by atoms with Crippen LogP contribution in [0.5, 0.6) is 0 Å². The summed E-state index contributed by atoms with van der Waals surface area (Å²) >= 11 is 1.63. The molecular formula is C10H17NO3S. The van der Waals surface area contributed by atoms with Gasteiger partial charge in [-0.1, -0.05) is 0 Å². The average Bonchev–Trinajstić information content (AvgIpc) is 2.69. The number of rotatable bonds is 7. The van der Waals surface area contributed by atoms with Gasteiger partial charge in [0.25, 0.3) is 0 Å². The van der Waals surface area contributed by atoms with Gasteiger partial charge in [-0.2, -0.15) is 0 Å². The van der Waals surface area contributed by atoms with E-state index in [-0.39, 0.29) is 6.29 Å². The van der Waals surface area contributed by atoms with Crippen LogP contribution in [0.15, 0.2) is 5.38 Å². The lowest BCUT2D eigenvalue weighted by atomic mass is 10.3. The quantitative estimate of drug-likeness (QED) is 0.531. The Morgan fingerprint density at radius 2 is 2.07 bits per heavy atom. The Morgan fingerprint density at radius 1 is 1.33 bits per heavy atom. The number of methoxy groups -OCH3 is 3. The molecule has 0 radical (unpaired) electrons. The molecule has 0 aliphatic rings. The van der Waals surface area contributed by atoms with Crippen LogP contribution in [0.2, 0.25) is 0 Å². The highest BCUT2D eigenvalue weighted by molar-refractivity contribution is 7.09. The summed E-state index contributed by atoms with van der Waals surface area (Å²) in [6, 6.07) is 0. The van der Waals surface area contributed by atoms with Gasteiger partial charge in [-0.3, -0.25) is 0 Å². The first-order chi connectivity index (χ1) is 7.31. The van der Waals surface area contributed by atoms with E-state index in [1.54, 1.807) is 32.7 Å². The number of hydrogen-bond acceptors (Lipinski definition) is 5. The highest BCUT2D eigenvalue weighted by atomic mass is 32.1. The Balaban J connectivity index is 2.47. The molecule has 86 valence electrons. The molecule has 0 amide bonds. The molecule has 0 atom stereocenters. The van der Waals surface area contributed by atoms with Crippen LogP contribution in [0, 0.1) is 0 Å². The van der Waals surface area contributed by atoms with E-state index in [1.807, 2.05) is 5.38 Å². The lowest BCUT2D eigenvalue weighted by Crippen LogP contribution is -2.04. The fraction of sp³-hybridized carbons (Fsp3) is 0.700. The first-order valence-electron chi connectivity index (χ1n) is 4.80. The molecule has 0 saturated carbocycles. The van der Waals surface area contributed by atoms with Gasteiger partial charge in [-0.25, -0.2) is 4.98 Å². The Labute approximate surface area is 94.2 Å². The van der Waals surface area contributed by atoms with E-state index in [9.17, 15) is 0 Å². The summed E-state index contributed by atoms with van der Waals surface area (Å²) in [6.45, 7) is 0.771. The van der Waals surface area contributed by atoms with Gasteiger partial charge in [0.2, 0.25) is 6.29 Å². The molecule has 0 aliphatic heterocycles. The highest BCUT2D eigenvalue weighted by Crippen LogP contribution is 2.20. The molecule has 4 nitrogen and oxygen atoms in total. The van der Waals surface area contributed by atoms with Crippen molar-refractivity contribution < 1.29 is 14.2 Å². The average molecular weight is 231 g/mol. The van der Waals surface area contributed by atoms with Gasteiger partial charge >= 0.3 is 0 Å². The van der Waals surface area contributed by atoms with Crippen molar-refractivity contribution in [1.29, 1.82) is 0 Å². The van der Waals surface area contributed by atoms with Gasteiger partial charge in [0.15, 0.2) is 0 Å². The molecule has 5 heteroatoms. The van der Waals surface area contributed by atoms with Crippen LogP contribution >= 0.6 is 11.3 Å². The minimum Gasteiger partial charge on any atom is -0.385 e. The standard InChI is InChI=1S/C10H17NO3S/c1-12-6-4-5-9-11-8(7-15-9)10(13-2)14-3/h7,10H,4-6H2,1-3H3. The van der Waals surface area contributed by atoms with Crippen molar-refractivity contribution in [2.45, 2.75) is 19.1 Å². The van der Waals surface area contributed by atoms with E-state index in [0.29, 0.717) is 0 Å². The fourth-order valence-corrected chi connectivity index (χ4v) is 2.09. The van der Waals surface area contributed by atoms with Gasteiger partial charge in [-0.15, -0.1) is 11.3 Å². The molecular weight excluding hydrogens is 214 g/mol. The summed E-state index contributed by atoms with van der Waals surface area (Å²) < 4.78 is 15.2. The first-order valence-corrected chi connectivity index (χ1v) is 5.68. The second-order valence-electron chi connectivity index (χ2n) is 3.07. The second-order valence-corrected chi connectivity index (χ2v) is 4.01. The minimum absolute atomic E-state index is 0.350. The third-order valence-corrected chi connectivity index (χ3v) is 2.91. The van der Waals surface area contributed by atoms with Crippen LogP contribution in [0.1, 0.15) is 23.4 Å². The molecule has 1 rings (SSSR count). The van der Waals surface area contributed by atoms with E-state index in [0.717, 1.165) is 30.2 Å². The highest BCUT2D eigenvalue weighted by Gasteiger charge is 2.12. The minimum atomic E-state index is -0.350. The predicted octanol–water partition coefficient (Wildman–Crippen LogP) is 2.01. The zero-order valence-electron chi connectivity index (χ0n) is 9.36. The van der Waals surface area contributed by atoms with Gasteiger partial charge in [-0.05, 0) is 6.42 Å².